The van der Waals surface area contributed by atoms with Gasteiger partial charge >= 0.3 is 0 Å². The van der Waals surface area contributed by atoms with E-state index in [1.165, 1.54) is 12.8 Å². The van der Waals surface area contributed by atoms with Crippen molar-refractivity contribution in [3.05, 3.63) is 0 Å². The molecule has 0 bridgehead atoms. The number of hydrogen-bond donors (Lipinski definition) is 1. The molecule has 0 spiro atoms. The van der Waals surface area contributed by atoms with Gasteiger partial charge in [0.25, 0.3) is 0 Å². The Morgan fingerprint density at radius 1 is 1.08 bits per heavy atom. The summed E-state index contributed by atoms with van der Waals surface area (Å²) in [7, 11) is 0. The van der Waals surface area contributed by atoms with Crippen LogP contribution in [0.4, 0.5) is 0 Å². The number of hydrogen-bond acceptors (Lipinski definition) is 2. The van der Waals surface area contributed by atoms with Crippen molar-refractivity contribution in [1.29, 1.82) is 0 Å². The van der Waals surface area contributed by atoms with Crippen LogP contribution in [0.25, 0.3) is 0 Å². The molecule has 0 radical (unpaired) electrons. The summed E-state index contributed by atoms with van der Waals surface area (Å²) >= 11 is 0. The molecule has 0 rings (SSSR count). The van der Waals surface area contributed by atoms with Crippen LogP contribution in [0.3, 0.4) is 0 Å². The van der Waals surface area contributed by atoms with Gasteiger partial charge in [0.05, 0.1) is 6.61 Å². The normalized spacial score (nSPS) is 12.0. The lowest BCUT2D eigenvalue weighted by atomic mass is 9.99. The van der Waals surface area contributed by atoms with E-state index >= 15 is 0 Å². The summed E-state index contributed by atoms with van der Waals surface area (Å²) < 4.78 is 5.39. The summed E-state index contributed by atoms with van der Waals surface area (Å²) in [6, 6.07) is 0. The van der Waals surface area contributed by atoms with Gasteiger partial charge in [-0.15, -0.1) is 0 Å². The summed E-state index contributed by atoms with van der Waals surface area (Å²) in [6.07, 6.45) is 3.56. The highest BCUT2D eigenvalue weighted by Gasteiger charge is 2.14. The van der Waals surface area contributed by atoms with Crippen molar-refractivity contribution in [3.8, 4) is 0 Å². The topological polar surface area (TPSA) is 21.3 Å². The van der Waals surface area contributed by atoms with E-state index in [4.69, 9.17) is 4.74 Å². The fourth-order valence-electron chi connectivity index (χ4n) is 1.42. The lowest BCUT2D eigenvalue weighted by Gasteiger charge is -2.25. The largest absolute Gasteiger partial charge is 0.380 e. The summed E-state index contributed by atoms with van der Waals surface area (Å²) in [5.74, 6) is 0. The molecule has 0 aliphatic heterocycles. The van der Waals surface area contributed by atoms with Gasteiger partial charge in [0.15, 0.2) is 0 Å². The minimum atomic E-state index is 0.268. The van der Waals surface area contributed by atoms with Crippen LogP contribution >= 0.6 is 0 Å². The third-order valence-corrected chi connectivity index (χ3v) is 2.07. The summed E-state index contributed by atoms with van der Waals surface area (Å²) in [6.45, 7) is 11.5. The quantitative estimate of drug-likeness (QED) is 0.590. The minimum Gasteiger partial charge on any atom is -0.380 e. The van der Waals surface area contributed by atoms with Gasteiger partial charge < -0.3 is 10.1 Å². The molecule has 0 amide bonds. The minimum absolute atomic E-state index is 0.268. The van der Waals surface area contributed by atoms with Crippen LogP contribution in [0, 0.1) is 0 Å². The van der Waals surface area contributed by atoms with Crippen LogP contribution < -0.4 is 5.32 Å². The molecule has 0 aliphatic carbocycles. The first-order chi connectivity index (χ1) is 6.12. The molecule has 0 aromatic rings. The zero-order valence-electron chi connectivity index (χ0n) is 9.65. The lowest BCUT2D eigenvalue weighted by Crippen LogP contribution is -2.40. The predicted molar refractivity (Wildman–Crippen MR) is 58.1 cm³/mol. The van der Waals surface area contributed by atoms with E-state index in [1.54, 1.807) is 0 Å². The Labute approximate surface area is 83.1 Å². The number of nitrogens with one attached hydrogen (secondary N) is 1. The third-order valence-electron chi connectivity index (χ3n) is 2.07. The standard InChI is InChI=1S/C11H25NO/c1-5-7-11(3,4)12-8-10-13-9-6-2/h12H,5-10H2,1-4H3. The second kappa shape index (κ2) is 7.34. The van der Waals surface area contributed by atoms with Crippen LogP contribution in [0.5, 0.6) is 0 Å². The van der Waals surface area contributed by atoms with Gasteiger partial charge in [0.2, 0.25) is 0 Å². The molecule has 0 unspecified atom stereocenters. The van der Waals surface area contributed by atoms with E-state index in [9.17, 15) is 0 Å². The van der Waals surface area contributed by atoms with Crippen LogP contribution in [-0.2, 0) is 4.74 Å². The molecule has 13 heavy (non-hydrogen) atoms. The Hall–Kier alpha value is -0.0800. The van der Waals surface area contributed by atoms with Crippen molar-refractivity contribution in [2.24, 2.45) is 0 Å². The second-order valence-corrected chi connectivity index (χ2v) is 4.17. The van der Waals surface area contributed by atoms with E-state index < -0.39 is 0 Å². The molecule has 0 saturated carbocycles. The maximum Gasteiger partial charge on any atom is 0.0591 e. The van der Waals surface area contributed by atoms with Gasteiger partial charge in [-0.3, -0.25) is 0 Å². The molecule has 0 fully saturated rings. The molecule has 1 N–H and O–H groups in total. The van der Waals surface area contributed by atoms with E-state index in [2.05, 4.69) is 33.0 Å². The zero-order valence-corrected chi connectivity index (χ0v) is 9.65. The average molecular weight is 187 g/mol. The Kier molecular flexibility index (Phi) is 7.29. The Morgan fingerprint density at radius 3 is 2.31 bits per heavy atom. The Morgan fingerprint density at radius 2 is 1.77 bits per heavy atom. The fraction of sp³-hybridized carbons (Fsp3) is 1.00. The molecule has 2 heteroatoms. The first-order valence-corrected chi connectivity index (χ1v) is 5.45. The van der Waals surface area contributed by atoms with Gasteiger partial charge in [0, 0.05) is 18.7 Å². The van der Waals surface area contributed by atoms with E-state index in [0.29, 0.717) is 0 Å². The van der Waals surface area contributed by atoms with Crippen molar-refractivity contribution >= 4 is 0 Å². The molecule has 0 saturated heterocycles. The second-order valence-electron chi connectivity index (χ2n) is 4.17. The zero-order chi connectivity index (χ0) is 10.2. The van der Waals surface area contributed by atoms with Gasteiger partial charge in [0.1, 0.15) is 0 Å². The van der Waals surface area contributed by atoms with Gasteiger partial charge in [-0.05, 0) is 26.7 Å². The highest BCUT2D eigenvalue weighted by molar-refractivity contribution is 4.75. The highest BCUT2D eigenvalue weighted by Crippen LogP contribution is 2.09. The van der Waals surface area contributed by atoms with Crippen molar-refractivity contribution < 1.29 is 4.74 Å². The molecule has 80 valence electrons. The fourth-order valence-corrected chi connectivity index (χ4v) is 1.42. The Balaban J connectivity index is 3.29. The first kappa shape index (κ1) is 12.9. The van der Waals surface area contributed by atoms with Gasteiger partial charge in [-0.25, -0.2) is 0 Å². The van der Waals surface area contributed by atoms with Crippen molar-refractivity contribution in [1.82, 2.24) is 5.32 Å². The van der Waals surface area contributed by atoms with Crippen molar-refractivity contribution in [3.63, 3.8) is 0 Å². The van der Waals surface area contributed by atoms with E-state index in [0.717, 1.165) is 26.2 Å². The molecule has 0 aliphatic rings. The molecule has 0 heterocycles. The molecule has 2 nitrogen and oxygen atoms in total. The van der Waals surface area contributed by atoms with Crippen LogP contribution in [0.2, 0.25) is 0 Å². The van der Waals surface area contributed by atoms with Crippen molar-refractivity contribution in [2.75, 3.05) is 19.8 Å². The van der Waals surface area contributed by atoms with Crippen LogP contribution in [0.1, 0.15) is 47.0 Å². The smallest absolute Gasteiger partial charge is 0.0591 e. The molecular weight excluding hydrogens is 162 g/mol. The monoisotopic (exact) mass is 187 g/mol. The summed E-state index contributed by atoms with van der Waals surface area (Å²) in [5.41, 5.74) is 0.268. The van der Waals surface area contributed by atoms with Gasteiger partial charge in [-0.1, -0.05) is 20.3 Å². The molecule has 0 aromatic carbocycles. The first-order valence-electron chi connectivity index (χ1n) is 5.45. The van der Waals surface area contributed by atoms with Gasteiger partial charge in [-0.2, -0.15) is 0 Å². The Bertz CT molecular complexity index is 113. The molecule has 0 atom stereocenters. The lowest BCUT2D eigenvalue weighted by molar-refractivity contribution is 0.129. The number of ether oxygens (including phenoxy) is 1. The van der Waals surface area contributed by atoms with Crippen LogP contribution in [0.15, 0.2) is 0 Å². The average Bonchev–Trinajstić information content (AvgIpc) is 2.04. The van der Waals surface area contributed by atoms with Crippen LogP contribution in [-0.4, -0.2) is 25.3 Å². The van der Waals surface area contributed by atoms with E-state index in [-0.39, 0.29) is 5.54 Å². The van der Waals surface area contributed by atoms with E-state index in [1.807, 2.05) is 0 Å². The number of rotatable bonds is 8. The SMILES string of the molecule is CCCOCCNC(C)(C)CCC. The predicted octanol–water partition coefficient (Wildman–Crippen LogP) is 2.58. The summed E-state index contributed by atoms with van der Waals surface area (Å²) in [4.78, 5) is 0. The third kappa shape index (κ3) is 8.26. The maximum atomic E-state index is 5.39. The molecule has 0 aromatic heterocycles. The molecular formula is C11H25NO. The highest BCUT2D eigenvalue weighted by atomic mass is 16.5. The maximum absolute atomic E-state index is 5.39. The summed E-state index contributed by atoms with van der Waals surface area (Å²) in [5, 5.41) is 3.49. The van der Waals surface area contributed by atoms with Crippen molar-refractivity contribution in [2.45, 2.75) is 52.5 Å².